The molecule has 3 aromatic carbocycles. The Labute approximate surface area is 400 Å². The topological polar surface area (TPSA) is 230 Å². The number of aryl methyl sites for hydroxylation is 2. The molecule has 0 aromatic heterocycles. The summed E-state index contributed by atoms with van der Waals surface area (Å²) < 4.78 is 90.2. The van der Waals surface area contributed by atoms with Gasteiger partial charge in [0, 0.05) is 39.3 Å². The number of amides is 4. The van der Waals surface area contributed by atoms with Gasteiger partial charge in [0.2, 0.25) is 20.0 Å². The molecule has 0 radical (unpaired) electrons. The van der Waals surface area contributed by atoms with Crippen molar-refractivity contribution in [1.29, 1.82) is 0 Å². The quantitative estimate of drug-likeness (QED) is 0.0496. The van der Waals surface area contributed by atoms with E-state index in [0.29, 0.717) is 57.8 Å². The summed E-state index contributed by atoms with van der Waals surface area (Å²) in [6.45, 7) is 3.76. The van der Waals surface area contributed by atoms with Gasteiger partial charge in [-0.15, -0.1) is 0 Å². The first kappa shape index (κ1) is 52.5. The molecule has 0 spiro atoms. The Hall–Kier alpha value is -4.90. The average Bonchev–Trinajstić information content (AvgIpc) is 3.95. The second kappa shape index (κ2) is 27.9. The summed E-state index contributed by atoms with van der Waals surface area (Å²) in [4.78, 5) is 24.4. The molecule has 0 saturated carbocycles. The summed E-state index contributed by atoms with van der Waals surface area (Å²) in [5.41, 5.74) is 4.99. The second-order valence-corrected chi connectivity index (χ2v) is 19.8. The van der Waals surface area contributed by atoms with Crippen LogP contribution in [0.25, 0.3) is 0 Å². The van der Waals surface area contributed by atoms with Gasteiger partial charge in [0.1, 0.15) is 11.9 Å². The third kappa shape index (κ3) is 17.6. The number of rotatable bonds is 31. The van der Waals surface area contributed by atoms with Gasteiger partial charge < -0.3 is 49.7 Å². The number of hydrogen-bond donors (Lipinski definition) is 6. The molecule has 68 heavy (non-hydrogen) atoms. The van der Waals surface area contributed by atoms with Gasteiger partial charge >= 0.3 is 12.1 Å². The normalized spacial score (nSPS) is 17.5. The Morgan fingerprint density at radius 2 is 1.03 bits per heavy atom. The van der Waals surface area contributed by atoms with E-state index in [9.17, 15) is 26.4 Å². The zero-order chi connectivity index (χ0) is 47.9. The van der Waals surface area contributed by atoms with Gasteiger partial charge in [0.15, 0.2) is 0 Å². The van der Waals surface area contributed by atoms with Gasteiger partial charge in [0.25, 0.3) is 0 Å². The van der Waals surface area contributed by atoms with Crippen LogP contribution in [0.15, 0.2) is 101 Å². The number of ether oxygens (including phenoxy) is 6. The maximum atomic E-state index is 12.7. The fraction of sp³-hybridized carbons (Fsp3) is 0.500. The summed E-state index contributed by atoms with van der Waals surface area (Å²) in [5, 5.41) is 10.9. The van der Waals surface area contributed by atoms with E-state index in [1.54, 1.807) is 24.3 Å². The average molecular weight is 983 g/mol. The lowest BCUT2D eigenvalue weighted by Gasteiger charge is -2.22. The molecule has 0 heterocycles. The molecule has 3 atom stereocenters. The van der Waals surface area contributed by atoms with Crippen molar-refractivity contribution in [1.82, 2.24) is 30.7 Å². The lowest BCUT2D eigenvalue weighted by Crippen LogP contribution is -2.39. The standard InChI is InChI=1S/C48H66N6O12S2/c55-47(51-25-29-61-33-35-63-31-27-53-67(57,58)41-17-13-39(14-18-41)65-45-21-11-37-7-1-3-9-43(37)45)49-23-5-6-24-50-48(56)52-26-30-62-34-36-64-32-28-54-68(59,60)42-19-15-40(16-20-42)66-46-22-12-38-8-2-4-10-44(38)46/h1-4,7-10,13-15,17-20,40,45-46,53-54H,5-6,11-12,16,21-36H2,(H2,49,51,55)(H2,50,52,56)/t40?,45-,46-/m1/s1. The van der Waals surface area contributed by atoms with Gasteiger partial charge in [-0.1, -0.05) is 60.7 Å². The highest BCUT2D eigenvalue weighted by Crippen LogP contribution is 2.36. The Balaban J connectivity index is 0.657. The van der Waals surface area contributed by atoms with Crippen LogP contribution in [0.2, 0.25) is 0 Å². The van der Waals surface area contributed by atoms with Crippen LogP contribution in [0, 0.1) is 0 Å². The van der Waals surface area contributed by atoms with Crippen molar-refractivity contribution in [2.45, 2.75) is 68.2 Å². The summed E-state index contributed by atoms with van der Waals surface area (Å²) >= 11 is 0. The molecule has 0 saturated heterocycles. The smallest absolute Gasteiger partial charge is 0.314 e. The summed E-state index contributed by atoms with van der Waals surface area (Å²) in [6, 6.07) is 22.2. The van der Waals surface area contributed by atoms with E-state index in [4.69, 9.17) is 28.4 Å². The van der Waals surface area contributed by atoms with E-state index in [1.165, 1.54) is 34.4 Å². The predicted molar refractivity (Wildman–Crippen MR) is 256 cm³/mol. The first-order chi connectivity index (χ1) is 33.1. The maximum absolute atomic E-state index is 12.7. The number of unbranched alkanes of at least 4 members (excludes halogenated alkanes) is 1. The molecular formula is C48H66N6O12S2. The van der Waals surface area contributed by atoms with Gasteiger partial charge in [-0.05, 0) is 97.5 Å². The van der Waals surface area contributed by atoms with Crippen molar-refractivity contribution in [3.8, 4) is 5.75 Å². The largest absolute Gasteiger partial charge is 0.486 e. The molecule has 3 aliphatic rings. The van der Waals surface area contributed by atoms with Crippen LogP contribution < -0.4 is 35.4 Å². The lowest BCUT2D eigenvalue weighted by atomic mass is 10.1. The first-order valence-electron chi connectivity index (χ1n) is 23.4. The van der Waals surface area contributed by atoms with E-state index in [2.05, 4.69) is 55.0 Å². The van der Waals surface area contributed by atoms with E-state index in [1.807, 2.05) is 30.3 Å². The Kier molecular flexibility index (Phi) is 21.6. The Morgan fingerprint density at radius 1 is 0.544 bits per heavy atom. The zero-order valence-corrected chi connectivity index (χ0v) is 40.1. The SMILES string of the molecule is O=C(NCCCCNC(=O)NCCOCCOCCNS(=O)(=O)c1ccc(O[C@@H]2CCc3ccccc32)cc1)NCCOCCOCCNS(=O)(=O)C1=CCC(O[C@@H]2CCc3ccccc32)C=C1. The molecule has 3 aliphatic carbocycles. The Morgan fingerprint density at radius 3 is 1.57 bits per heavy atom. The van der Waals surface area contributed by atoms with Crippen molar-refractivity contribution in [3.63, 3.8) is 0 Å². The number of sulfonamides is 2. The van der Waals surface area contributed by atoms with E-state index < -0.39 is 20.0 Å². The van der Waals surface area contributed by atoms with E-state index in [-0.39, 0.29) is 99.5 Å². The minimum Gasteiger partial charge on any atom is -0.486 e. The molecular weight excluding hydrogens is 917 g/mol. The molecule has 6 rings (SSSR count). The van der Waals surface area contributed by atoms with Crippen LogP contribution in [0.4, 0.5) is 9.59 Å². The number of carbonyl (C=O) groups is 2. The zero-order valence-electron chi connectivity index (χ0n) is 38.5. The van der Waals surface area contributed by atoms with Crippen LogP contribution >= 0.6 is 0 Å². The molecule has 0 aliphatic heterocycles. The number of allylic oxidation sites excluding steroid dienone is 1. The number of hydrogen-bond acceptors (Lipinski definition) is 12. The van der Waals surface area contributed by atoms with E-state index in [0.717, 1.165) is 25.7 Å². The number of fused-ring (bicyclic) bond motifs is 2. The second-order valence-electron chi connectivity index (χ2n) is 16.2. The van der Waals surface area contributed by atoms with Crippen LogP contribution in [0.3, 0.4) is 0 Å². The molecule has 4 amide bonds. The molecule has 0 fully saturated rings. The lowest BCUT2D eigenvalue weighted by molar-refractivity contribution is 0.0144. The molecule has 0 bridgehead atoms. The minimum atomic E-state index is -3.70. The number of nitrogens with one attached hydrogen (secondary N) is 6. The molecule has 6 N–H and O–H groups in total. The first-order valence-corrected chi connectivity index (χ1v) is 26.3. The monoisotopic (exact) mass is 982 g/mol. The van der Waals surface area contributed by atoms with Crippen LogP contribution in [0.5, 0.6) is 5.75 Å². The number of benzene rings is 3. The predicted octanol–water partition coefficient (Wildman–Crippen LogP) is 4.31. The van der Waals surface area contributed by atoms with Crippen molar-refractivity contribution in [2.24, 2.45) is 0 Å². The van der Waals surface area contributed by atoms with Crippen LogP contribution in [-0.2, 0) is 56.6 Å². The third-order valence-electron chi connectivity index (χ3n) is 11.3. The molecule has 3 aromatic rings. The van der Waals surface area contributed by atoms with Gasteiger partial charge in [-0.3, -0.25) is 0 Å². The summed E-state index contributed by atoms with van der Waals surface area (Å²) in [6.07, 6.45) is 10.5. The summed E-state index contributed by atoms with van der Waals surface area (Å²) in [5.74, 6) is 0.619. The maximum Gasteiger partial charge on any atom is 0.314 e. The molecule has 18 nitrogen and oxygen atoms in total. The molecule has 372 valence electrons. The van der Waals surface area contributed by atoms with Crippen molar-refractivity contribution < 1.29 is 54.8 Å². The Bertz CT molecular complexity index is 2330. The number of carbonyl (C=O) groups excluding carboxylic acids is 2. The highest BCUT2D eigenvalue weighted by atomic mass is 32.2. The minimum absolute atomic E-state index is 0.0311. The van der Waals surface area contributed by atoms with Crippen LogP contribution in [-0.4, -0.2) is 127 Å². The van der Waals surface area contributed by atoms with Gasteiger partial charge in [-0.2, -0.15) is 0 Å². The van der Waals surface area contributed by atoms with Crippen molar-refractivity contribution in [3.05, 3.63) is 118 Å². The molecule has 1 unspecified atom stereocenters. The van der Waals surface area contributed by atoms with Gasteiger partial charge in [0.05, 0.1) is 74.9 Å². The van der Waals surface area contributed by atoms with Crippen molar-refractivity contribution in [2.75, 3.05) is 92.1 Å². The van der Waals surface area contributed by atoms with Crippen LogP contribution in [0.1, 0.15) is 66.6 Å². The van der Waals surface area contributed by atoms with Crippen molar-refractivity contribution >= 4 is 32.1 Å². The van der Waals surface area contributed by atoms with E-state index >= 15 is 0 Å². The van der Waals surface area contributed by atoms with Gasteiger partial charge in [-0.25, -0.2) is 35.9 Å². The number of urea groups is 2. The highest BCUT2D eigenvalue weighted by Gasteiger charge is 2.27. The molecule has 20 heteroatoms. The fourth-order valence-corrected chi connectivity index (χ4v) is 9.92. The fourth-order valence-electron chi connectivity index (χ4n) is 7.81. The third-order valence-corrected chi connectivity index (χ3v) is 14.3. The summed E-state index contributed by atoms with van der Waals surface area (Å²) in [7, 11) is -7.36. The highest BCUT2D eigenvalue weighted by molar-refractivity contribution is 7.93.